The second-order valence-corrected chi connectivity index (χ2v) is 6.72. The predicted molar refractivity (Wildman–Crippen MR) is 83.3 cm³/mol. The Labute approximate surface area is 125 Å². The van der Waals surface area contributed by atoms with Gasteiger partial charge in [0.15, 0.2) is 0 Å². The monoisotopic (exact) mass is 285 g/mol. The molecule has 112 valence electrons. The zero-order valence-electron chi connectivity index (χ0n) is 12.6. The SMILES string of the molecule is Cc1ccc2c(c1)C(NC1CCN(C3CC3)CC1)C(=O)N2. The second kappa shape index (κ2) is 5.11. The molecule has 2 heterocycles. The molecule has 0 bridgehead atoms. The summed E-state index contributed by atoms with van der Waals surface area (Å²) in [5, 5.41) is 6.58. The van der Waals surface area contributed by atoms with Crippen LogP contribution in [-0.4, -0.2) is 36.0 Å². The minimum absolute atomic E-state index is 0.0974. The molecule has 4 heteroatoms. The van der Waals surface area contributed by atoms with Crippen molar-refractivity contribution in [1.29, 1.82) is 0 Å². The van der Waals surface area contributed by atoms with Gasteiger partial charge in [0.1, 0.15) is 6.04 Å². The normalized spacial score (nSPS) is 26.7. The second-order valence-electron chi connectivity index (χ2n) is 6.72. The number of nitrogens with zero attached hydrogens (tertiary/aromatic N) is 1. The van der Waals surface area contributed by atoms with Gasteiger partial charge in [0.05, 0.1) is 0 Å². The third-order valence-corrected chi connectivity index (χ3v) is 5.03. The van der Waals surface area contributed by atoms with Gasteiger partial charge in [-0.3, -0.25) is 10.1 Å². The first-order valence-electron chi connectivity index (χ1n) is 8.12. The van der Waals surface area contributed by atoms with Gasteiger partial charge < -0.3 is 10.2 Å². The molecule has 4 nitrogen and oxygen atoms in total. The quantitative estimate of drug-likeness (QED) is 0.895. The van der Waals surface area contributed by atoms with Gasteiger partial charge in [0, 0.05) is 23.3 Å². The Hall–Kier alpha value is -1.39. The van der Waals surface area contributed by atoms with Crippen LogP contribution in [-0.2, 0) is 4.79 Å². The maximum absolute atomic E-state index is 12.2. The summed E-state index contributed by atoms with van der Waals surface area (Å²) in [6, 6.07) is 7.35. The summed E-state index contributed by atoms with van der Waals surface area (Å²) < 4.78 is 0. The molecule has 1 unspecified atom stereocenters. The summed E-state index contributed by atoms with van der Waals surface area (Å²) >= 11 is 0. The number of nitrogens with one attached hydrogen (secondary N) is 2. The van der Waals surface area contributed by atoms with E-state index in [1.807, 2.05) is 6.07 Å². The molecule has 2 fully saturated rings. The maximum atomic E-state index is 12.2. The summed E-state index contributed by atoms with van der Waals surface area (Å²) in [4.78, 5) is 14.8. The molecule has 1 aliphatic carbocycles. The fourth-order valence-electron chi connectivity index (χ4n) is 3.65. The third-order valence-electron chi connectivity index (χ3n) is 5.03. The van der Waals surface area contributed by atoms with E-state index in [1.165, 1.54) is 31.5 Å². The van der Waals surface area contributed by atoms with Gasteiger partial charge in [-0.2, -0.15) is 0 Å². The number of hydrogen-bond acceptors (Lipinski definition) is 3. The van der Waals surface area contributed by atoms with Gasteiger partial charge in [-0.15, -0.1) is 0 Å². The maximum Gasteiger partial charge on any atom is 0.246 e. The van der Waals surface area contributed by atoms with Crippen molar-refractivity contribution in [3.05, 3.63) is 29.3 Å². The average Bonchev–Trinajstić information content (AvgIpc) is 3.28. The number of piperidine rings is 1. The van der Waals surface area contributed by atoms with Crippen molar-refractivity contribution >= 4 is 11.6 Å². The van der Waals surface area contributed by atoms with Crippen LogP contribution in [0.1, 0.15) is 42.9 Å². The summed E-state index contributed by atoms with van der Waals surface area (Å²) in [6.07, 6.45) is 5.08. The van der Waals surface area contributed by atoms with Crippen LogP contribution < -0.4 is 10.6 Å². The molecule has 1 saturated carbocycles. The molecule has 2 N–H and O–H groups in total. The Balaban J connectivity index is 1.43. The van der Waals surface area contributed by atoms with Gasteiger partial charge in [0.25, 0.3) is 0 Å². The fraction of sp³-hybridized carbons (Fsp3) is 0.588. The van der Waals surface area contributed by atoms with E-state index in [9.17, 15) is 4.79 Å². The van der Waals surface area contributed by atoms with E-state index in [0.29, 0.717) is 6.04 Å². The Morgan fingerprint density at radius 1 is 1.19 bits per heavy atom. The molecule has 0 spiro atoms. The number of carbonyl (C=O) groups is 1. The molecule has 3 aliphatic rings. The highest BCUT2D eigenvalue weighted by Crippen LogP contribution is 2.33. The molecule has 4 rings (SSSR count). The van der Waals surface area contributed by atoms with Gasteiger partial charge in [-0.1, -0.05) is 17.7 Å². The van der Waals surface area contributed by atoms with E-state index >= 15 is 0 Å². The standard InChI is InChI=1S/C17H23N3O/c1-11-2-5-15-14(10-11)16(17(21)19-15)18-12-6-8-20(9-7-12)13-3-4-13/h2,5,10,12-13,16,18H,3-4,6-9H2,1H3,(H,19,21). The number of carbonyl (C=O) groups excluding carboxylic acids is 1. The van der Waals surface area contributed by atoms with E-state index in [4.69, 9.17) is 0 Å². The topological polar surface area (TPSA) is 44.4 Å². The first-order chi connectivity index (χ1) is 10.2. The molecule has 0 aromatic heterocycles. The molecule has 1 atom stereocenters. The van der Waals surface area contributed by atoms with Crippen LogP contribution in [0.4, 0.5) is 5.69 Å². The van der Waals surface area contributed by atoms with Crippen LogP contribution in [0.15, 0.2) is 18.2 Å². The number of anilines is 1. The molecule has 1 aromatic carbocycles. The summed E-state index contributed by atoms with van der Waals surface area (Å²) in [5.74, 6) is 0.0974. The van der Waals surface area contributed by atoms with E-state index in [1.54, 1.807) is 0 Å². The summed E-state index contributed by atoms with van der Waals surface area (Å²) in [5.41, 5.74) is 3.30. The first kappa shape index (κ1) is 13.3. The van der Waals surface area contributed by atoms with Gasteiger partial charge in [0.2, 0.25) is 5.91 Å². The third kappa shape index (κ3) is 2.58. The smallest absolute Gasteiger partial charge is 0.246 e. The predicted octanol–water partition coefficient (Wildman–Crippen LogP) is 2.20. The van der Waals surface area contributed by atoms with E-state index < -0.39 is 0 Å². The van der Waals surface area contributed by atoms with Gasteiger partial charge in [-0.05, 0) is 51.8 Å². The molecule has 1 saturated heterocycles. The van der Waals surface area contributed by atoms with Crippen molar-refractivity contribution in [2.45, 2.75) is 50.7 Å². The Kier molecular flexibility index (Phi) is 3.23. The van der Waals surface area contributed by atoms with Crippen LogP contribution in [0.25, 0.3) is 0 Å². The number of benzene rings is 1. The minimum atomic E-state index is -0.169. The molecule has 2 aliphatic heterocycles. The lowest BCUT2D eigenvalue weighted by Crippen LogP contribution is -2.45. The minimum Gasteiger partial charge on any atom is -0.324 e. The molecule has 1 amide bonds. The lowest BCUT2D eigenvalue weighted by atomic mass is 10.0. The van der Waals surface area contributed by atoms with E-state index in [-0.39, 0.29) is 11.9 Å². The van der Waals surface area contributed by atoms with E-state index in [0.717, 1.165) is 30.1 Å². The van der Waals surface area contributed by atoms with Crippen LogP contribution in [0.5, 0.6) is 0 Å². The lowest BCUT2D eigenvalue weighted by molar-refractivity contribution is -0.118. The summed E-state index contributed by atoms with van der Waals surface area (Å²) in [6.45, 7) is 4.43. The van der Waals surface area contributed by atoms with Crippen molar-refractivity contribution in [2.24, 2.45) is 0 Å². The zero-order chi connectivity index (χ0) is 14.4. The number of likely N-dealkylation sites (tertiary alicyclic amines) is 1. The molecule has 21 heavy (non-hydrogen) atoms. The number of rotatable bonds is 3. The van der Waals surface area contributed by atoms with Gasteiger partial charge >= 0.3 is 0 Å². The van der Waals surface area contributed by atoms with Crippen molar-refractivity contribution in [3.63, 3.8) is 0 Å². The molecule has 1 aromatic rings. The van der Waals surface area contributed by atoms with Crippen molar-refractivity contribution in [1.82, 2.24) is 10.2 Å². The largest absolute Gasteiger partial charge is 0.324 e. The van der Waals surface area contributed by atoms with Crippen molar-refractivity contribution in [3.8, 4) is 0 Å². The Morgan fingerprint density at radius 2 is 1.95 bits per heavy atom. The molecule has 0 radical (unpaired) electrons. The lowest BCUT2D eigenvalue weighted by Gasteiger charge is -2.33. The number of fused-ring (bicyclic) bond motifs is 1. The average molecular weight is 285 g/mol. The van der Waals surface area contributed by atoms with Gasteiger partial charge in [-0.25, -0.2) is 0 Å². The van der Waals surface area contributed by atoms with Crippen molar-refractivity contribution in [2.75, 3.05) is 18.4 Å². The Morgan fingerprint density at radius 3 is 2.67 bits per heavy atom. The van der Waals surface area contributed by atoms with Crippen LogP contribution in [0.3, 0.4) is 0 Å². The number of aryl methyl sites for hydroxylation is 1. The van der Waals surface area contributed by atoms with Crippen LogP contribution >= 0.6 is 0 Å². The summed E-state index contributed by atoms with van der Waals surface area (Å²) in [7, 11) is 0. The highest BCUT2D eigenvalue weighted by molar-refractivity contribution is 6.02. The fourth-order valence-corrected chi connectivity index (χ4v) is 3.65. The Bertz CT molecular complexity index is 559. The van der Waals surface area contributed by atoms with Crippen LogP contribution in [0.2, 0.25) is 0 Å². The number of hydrogen-bond donors (Lipinski definition) is 2. The van der Waals surface area contributed by atoms with Crippen molar-refractivity contribution < 1.29 is 4.79 Å². The number of amides is 1. The van der Waals surface area contributed by atoms with E-state index in [2.05, 4.69) is 34.6 Å². The highest BCUT2D eigenvalue weighted by Gasteiger charge is 2.35. The molecular weight excluding hydrogens is 262 g/mol. The highest BCUT2D eigenvalue weighted by atomic mass is 16.2. The molecular formula is C17H23N3O. The first-order valence-corrected chi connectivity index (χ1v) is 8.12. The van der Waals surface area contributed by atoms with Crippen LogP contribution in [0, 0.1) is 6.92 Å². The zero-order valence-corrected chi connectivity index (χ0v) is 12.6.